The van der Waals surface area contributed by atoms with Crippen molar-refractivity contribution >= 4 is 11.9 Å². The summed E-state index contributed by atoms with van der Waals surface area (Å²) in [6.45, 7) is 7.56. The van der Waals surface area contributed by atoms with Crippen LogP contribution in [0.4, 0.5) is 0 Å². The van der Waals surface area contributed by atoms with Gasteiger partial charge in [-0.2, -0.15) is 0 Å². The van der Waals surface area contributed by atoms with E-state index < -0.39 is 5.97 Å². The van der Waals surface area contributed by atoms with Crippen LogP contribution in [0.1, 0.15) is 42.3 Å². The molecule has 0 N–H and O–H groups in total. The Hall–Kier alpha value is -3.42. The van der Waals surface area contributed by atoms with Crippen LogP contribution in [-0.4, -0.2) is 57.4 Å². The molecule has 34 heavy (non-hydrogen) atoms. The SMILES string of the molecule is CCOc1cc(C(=O)OCC(=O)N2CCc3cc(OC)c(OC)cc3C2)ccc1OCC(C)C. The highest BCUT2D eigenvalue weighted by molar-refractivity contribution is 5.92. The molecule has 0 atom stereocenters. The monoisotopic (exact) mass is 471 g/mol. The largest absolute Gasteiger partial charge is 0.493 e. The molecule has 0 radical (unpaired) electrons. The van der Waals surface area contributed by atoms with Gasteiger partial charge in [0.25, 0.3) is 5.91 Å². The van der Waals surface area contributed by atoms with Gasteiger partial charge in [-0.3, -0.25) is 4.79 Å². The second-order valence-electron chi connectivity index (χ2n) is 8.42. The first-order chi connectivity index (χ1) is 16.4. The lowest BCUT2D eigenvalue weighted by atomic mass is 9.99. The first-order valence-corrected chi connectivity index (χ1v) is 11.4. The molecule has 2 aromatic carbocycles. The third-order valence-electron chi connectivity index (χ3n) is 5.45. The van der Waals surface area contributed by atoms with E-state index in [1.54, 1.807) is 37.3 Å². The van der Waals surface area contributed by atoms with E-state index in [4.69, 9.17) is 23.7 Å². The molecule has 3 rings (SSSR count). The molecule has 0 aromatic heterocycles. The summed E-state index contributed by atoms with van der Waals surface area (Å²) in [5, 5.41) is 0. The number of fused-ring (bicyclic) bond motifs is 1. The number of hydrogen-bond donors (Lipinski definition) is 0. The first kappa shape index (κ1) is 25.2. The van der Waals surface area contributed by atoms with Crippen molar-refractivity contribution in [3.05, 3.63) is 47.0 Å². The van der Waals surface area contributed by atoms with Crippen LogP contribution < -0.4 is 18.9 Å². The molecule has 0 fully saturated rings. The van der Waals surface area contributed by atoms with Gasteiger partial charge in [0.05, 0.1) is 33.0 Å². The molecule has 8 heteroatoms. The van der Waals surface area contributed by atoms with E-state index >= 15 is 0 Å². The van der Waals surface area contributed by atoms with Crippen LogP contribution >= 0.6 is 0 Å². The lowest BCUT2D eigenvalue weighted by molar-refractivity contribution is -0.135. The zero-order chi connectivity index (χ0) is 24.7. The molecule has 1 aliphatic rings. The normalized spacial score (nSPS) is 12.7. The summed E-state index contributed by atoms with van der Waals surface area (Å²) in [4.78, 5) is 27.0. The van der Waals surface area contributed by atoms with Gasteiger partial charge in [0.1, 0.15) is 0 Å². The fraction of sp³-hybridized carbons (Fsp3) is 0.462. The van der Waals surface area contributed by atoms with Crippen molar-refractivity contribution in [2.75, 3.05) is 40.6 Å². The fourth-order valence-electron chi connectivity index (χ4n) is 3.68. The standard InChI is InChI=1S/C26H33NO7/c1-6-32-24-12-19(7-8-21(24)33-15-17(2)3)26(29)34-16-25(28)27-10-9-18-11-22(30-4)23(31-5)13-20(18)14-27/h7-8,11-13,17H,6,9-10,14-16H2,1-5H3. The Labute approximate surface area is 200 Å². The van der Waals surface area contributed by atoms with Crippen LogP contribution in [-0.2, 0) is 22.5 Å². The minimum absolute atomic E-state index is 0.254. The molecule has 0 aliphatic carbocycles. The number of benzene rings is 2. The third-order valence-corrected chi connectivity index (χ3v) is 5.45. The average Bonchev–Trinajstić information content (AvgIpc) is 2.84. The molecule has 2 aromatic rings. The summed E-state index contributed by atoms with van der Waals surface area (Å²) in [5.74, 6) is 1.84. The number of nitrogens with zero attached hydrogens (tertiary/aromatic N) is 1. The number of carbonyl (C=O) groups is 2. The van der Waals surface area contributed by atoms with Gasteiger partial charge in [0, 0.05) is 13.1 Å². The van der Waals surface area contributed by atoms with Crippen molar-refractivity contribution in [2.45, 2.75) is 33.7 Å². The molecule has 1 heterocycles. The molecule has 0 spiro atoms. The third kappa shape index (κ3) is 6.12. The van der Waals surface area contributed by atoms with E-state index in [9.17, 15) is 9.59 Å². The van der Waals surface area contributed by atoms with Crippen LogP contribution in [0.2, 0.25) is 0 Å². The summed E-state index contributed by atoms with van der Waals surface area (Å²) < 4.78 is 27.4. The molecule has 0 bridgehead atoms. The van der Waals surface area contributed by atoms with E-state index in [1.165, 1.54) is 0 Å². The molecule has 184 valence electrons. The van der Waals surface area contributed by atoms with Gasteiger partial charge in [0.2, 0.25) is 0 Å². The predicted molar refractivity (Wildman–Crippen MR) is 127 cm³/mol. The number of rotatable bonds is 10. The van der Waals surface area contributed by atoms with Gasteiger partial charge < -0.3 is 28.6 Å². The van der Waals surface area contributed by atoms with Crippen molar-refractivity contribution in [1.82, 2.24) is 4.90 Å². The number of esters is 1. The number of carbonyl (C=O) groups excluding carboxylic acids is 2. The minimum atomic E-state index is -0.589. The Balaban J connectivity index is 1.61. The first-order valence-electron chi connectivity index (χ1n) is 11.4. The van der Waals surface area contributed by atoms with Crippen LogP contribution in [0, 0.1) is 5.92 Å². The lowest BCUT2D eigenvalue weighted by Gasteiger charge is -2.29. The van der Waals surface area contributed by atoms with Crippen LogP contribution in [0.25, 0.3) is 0 Å². The molecule has 0 unspecified atom stereocenters. The second-order valence-corrected chi connectivity index (χ2v) is 8.42. The van der Waals surface area contributed by atoms with E-state index in [1.807, 2.05) is 19.1 Å². The van der Waals surface area contributed by atoms with Crippen molar-refractivity contribution in [1.29, 1.82) is 0 Å². The summed E-state index contributed by atoms with van der Waals surface area (Å²) >= 11 is 0. The van der Waals surface area contributed by atoms with Crippen molar-refractivity contribution in [3.8, 4) is 23.0 Å². The maximum absolute atomic E-state index is 12.7. The molecular weight excluding hydrogens is 438 g/mol. The summed E-state index contributed by atoms with van der Waals surface area (Å²) in [6.07, 6.45) is 0.685. The smallest absolute Gasteiger partial charge is 0.338 e. The van der Waals surface area contributed by atoms with Crippen molar-refractivity contribution in [3.63, 3.8) is 0 Å². The molecule has 0 saturated heterocycles. The zero-order valence-electron chi connectivity index (χ0n) is 20.5. The van der Waals surface area contributed by atoms with E-state index in [0.717, 1.165) is 11.1 Å². The van der Waals surface area contributed by atoms with E-state index in [-0.39, 0.29) is 12.5 Å². The van der Waals surface area contributed by atoms with Crippen LogP contribution in [0.5, 0.6) is 23.0 Å². The Morgan fingerprint density at radius 3 is 2.29 bits per heavy atom. The second kappa shape index (κ2) is 11.6. The van der Waals surface area contributed by atoms with Gasteiger partial charge in [-0.25, -0.2) is 4.79 Å². The molecule has 1 amide bonds. The lowest BCUT2D eigenvalue weighted by Crippen LogP contribution is -2.38. The van der Waals surface area contributed by atoms with Gasteiger partial charge in [-0.05, 0) is 60.7 Å². The number of amides is 1. The van der Waals surface area contributed by atoms with Gasteiger partial charge in [-0.15, -0.1) is 0 Å². The van der Waals surface area contributed by atoms with Gasteiger partial charge in [0.15, 0.2) is 29.6 Å². The summed E-state index contributed by atoms with van der Waals surface area (Å²) in [5.41, 5.74) is 2.40. The van der Waals surface area contributed by atoms with Gasteiger partial charge >= 0.3 is 5.97 Å². The van der Waals surface area contributed by atoms with Crippen LogP contribution in [0.3, 0.4) is 0 Å². The Kier molecular flexibility index (Phi) is 8.62. The summed E-state index contributed by atoms with van der Waals surface area (Å²) in [6, 6.07) is 8.72. The topological polar surface area (TPSA) is 83.5 Å². The number of hydrogen-bond acceptors (Lipinski definition) is 7. The minimum Gasteiger partial charge on any atom is -0.493 e. The van der Waals surface area contributed by atoms with E-state index in [2.05, 4.69) is 13.8 Å². The molecule has 1 aliphatic heterocycles. The summed E-state index contributed by atoms with van der Waals surface area (Å²) in [7, 11) is 3.18. The Morgan fingerprint density at radius 2 is 1.65 bits per heavy atom. The highest BCUT2D eigenvalue weighted by Crippen LogP contribution is 2.33. The quantitative estimate of drug-likeness (QED) is 0.486. The highest BCUT2D eigenvalue weighted by atomic mass is 16.5. The maximum atomic E-state index is 12.7. The maximum Gasteiger partial charge on any atom is 0.338 e. The Morgan fingerprint density at radius 1 is 0.941 bits per heavy atom. The van der Waals surface area contributed by atoms with Crippen LogP contribution in [0.15, 0.2) is 30.3 Å². The van der Waals surface area contributed by atoms with Crippen molar-refractivity contribution < 1.29 is 33.3 Å². The van der Waals surface area contributed by atoms with Gasteiger partial charge in [-0.1, -0.05) is 13.8 Å². The number of ether oxygens (including phenoxy) is 5. The highest BCUT2D eigenvalue weighted by Gasteiger charge is 2.24. The molecule has 8 nitrogen and oxygen atoms in total. The van der Waals surface area contributed by atoms with E-state index in [0.29, 0.717) is 67.2 Å². The predicted octanol–water partition coefficient (Wildman–Crippen LogP) is 3.88. The number of methoxy groups -OCH3 is 2. The average molecular weight is 472 g/mol. The fourth-order valence-corrected chi connectivity index (χ4v) is 3.68. The Bertz CT molecular complexity index is 1020. The zero-order valence-corrected chi connectivity index (χ0v) is 20.5. The van der Waals surface area contributed by atoms with Crippen molar-refractivity contribution in [2.24, 2.45) is 5.92 Å². The molecule has 0 saturated carbocycles. The molecular formula is C26H33NO7.